The van der Waals surface area contributed by atoms with Gasteiger partial charge >= 0.3 is 0 Å². The van der Waals surface area contributed by atoms with E-state index in [1.54, 1.807) is 0 Å². The first kappa shape index (κ1) is 5.56. The highest BCUT2D eigenvalue weighted by atomic mass is 16.1. The summed E-state index contributed by atoms with van der Waals surface area (Å²) in [6.45, 7) is 0.575. The first-order valence-electron chi connectivity index (χ1n) is 2.74. The largest absolute Gasteiger partial charge is 0.352 e. The molecule has 1 amide bonds. The maximum Gasteiger partial charge on any atom is 0.207 e. The van der Waals surface area contributed by atoms with Gasteiger partial charge in [-0.15, -0.1) is 0 Å². The van der Waals surface area contributed by atoms with Gasteiger partial charge in [-0.3, -0.25) is 4.79 Å². The van der Waals surface area contributed by atoms with Gasteiger partial charge in [0.1, 0.15) is 0 Å². The molecule has 46 valence electrons. The van der Waals surface area contributed by atoms with Gasteiger partial charge in [0.2, 0.25) is 6.41 Å². The van der Waals surface area contributed by atoms with E-state index in [1.165, 1.54) is 0 Å². The molecule has 0 aromatic carbocycles. The number of nitrogens with two attached hydrogens (primary N) is 1. The second-order valence-electron chi connectivity index (χ2n) is 2.25. The number of nitrogens with one attached hydrogen (secondary N) is 1. The van der Waals surface area contributed by atoms with Crippen molar-refractivity contribution >= 4 is 6.41 Å². The number of rotatable bonds is 3. The second-order valence-corrected chi connectivity index (χ2v) is 2.25. The molecule has 3 nitrogen and oxygen atoms in total. The minimum atomic E-state index is 0.00174. The summed E-state index contributed by atoms with van der Waals surface area (Å²) >= 11 is 0. The summed E-state index contributed by atoms with van der Waals surface area (Å²) in [6, 6.07) is 0. The molecular weight excluding hydrogens is 104 g/mol. The number of hydrogen-bond acceptors (Lipinski definition) is 2. The molecule has 0 heterocycles. The van der Waals surface area contributed by atoms with Crippen molar-refractivity contribution in [1.29, 1.82) is 0 Å². The van der Waals surface area contributed by atoms with Crippen LogP contribution in [-0.2, 0) is 4.79 Å². The Balaban J connectivity index is 2.29. The molecule has 0 aliphatic heterocycles. The lowest BCUT2D eigenvalue weighted by atomic mass is 10.3. The number of carbonyl (C=O) groups is 1. The predicted molar refractivity (Wildman–Crippen MR) is 30.2 cm³/mol. The van der Waals surface area contributed by atoms with Crippen molar-refractivity contribution in [3.05, 3.63) is 0 Å². The lowest BCUT2D eigenvalue weighted by Crippen LogP contribution is -2.37. The Morgan fingerprint density at radius 3 is 2.50 bits per heavy atom. The standard InChI is InChI=1S/C5H10N2O/c6-3-5(1-2-5)7-4-8/h4H,1-3,6H2,(H,7,8). The average Bonchev–Trinajstić information content (AvgIpc) is 2.50. The van der Waals surface area contributed by atoms with Crippen molar-refractivity contribution in [3.8, 4) is 0 Å². The highest BCUT2D eigenvalue weighted by Gasteiger charge is 2.40. The summed E-state index contributed by atoms with van der Waals surface area (Å²) in [5, 5.41) is 2.68. The molecule has 0 radical (unpaired) electrons. The van der Waals surface area contributed by atoms with E-state index in [-0.39, 0.29) is 5.54 Å². The fourth-order valence-electron chi connectivity index (χ4n) is 0.683. The Morgan fingerprint density at radius 2 is 2.38 bits per heavy atom. The highest BCUT2D eigenvalue weighted by Crippen LogP contribution is 2.32. The quantitative estimate of drug-likeness (QED) is 0.473. The summed E-state index contributed by atoms with van der Waals surface area (Å²) in [5.41, 5.74) is 5.34. The van der Waals surface area contributed by atoms with Crippen molar-refractivity contribution in [1.82, 2.24) is 5.32 Å². The van der Waals surface area contributed by atoms with Gasteiger partial charge in [0.05, 0.1) is 5.54 Å². The normalized spacial score (nSPS) is 22.1. The molecule has 1 aliphatic carbocycles. The molecular formula is C5H10N2O. The smallest absolute Gasteiger partial charge is 0.207 e. The average molecular weight is 114 g/mol. The zero-order valence-electron chi connectivity index (χ0n) is 4.68. The van der Waals surface area contributed by atoms with Gasteiger partial charge in [0.25, 0.3) is 0 Å². The molecule has 0 saturated heterocycles. The Kier molecular flexibility index (Phi) is 1.21. The molecule has 1 rings (SSSR count). The van der Waals surface area contributed by atoms with Crippen molar-refractivity contribution in [2.75, 3.05) is 6.54 Å². The topological polar surface area (TPSA) is 55.1 Å². The SMILES string of the molecule is NCC1(NC=O)CC1. The van der Waals surface area contributed by atoms with E-state index in [0.29, 0.717) is 6.54 Å². The van der Waals surface area contributed by atoms with Crippen molar-refractivity contribution in [2.24, 2.45) is 5.73 Å². The lowest BCUT2D eigenvalue weighted by Gasteiger charge is -2.08. The van der Waals surface area contributed by atoms with Gasteiger partial charge in [-0.2, -0.15) is 0 Å². The molecule has 0 aromatic heterocycles. The van der Waals surface area contributed by atoms with E-state index >= 15 is 0 Å². The predicted octanol–water partition coefficient (Wildman–Crippen LogP) is -0.776. The van der Waals surface area contributed by atoms with Gasteiger partial charge in [-0.25, -0.2) is 0 Å². The van der Waals surface area contributed by atoms with Crippen LogP contribution in [0.3, 0.4) is 0 Å². The molecule has 0 aromatic rings. The van der Waals surface area contributed by atoms with Crippen LogP contribution in [0.4, 0.5) is 0 Å². The van der Waals surface area contributed by atoms with Crippen LogP contribution in [0.15, 0.2) is 0 Å². The minimum Gasteiger partial charge on any atom is -0.352 e. The van der Waals surface area contributed by atoms with Crippen LogP contribution in [0.5, 0.6) is 0 Å². The molecule has 1 saturated carbocycles. The van der Waals surface area contributed by atoms with Crippen LogP contribution in [0.1, 0.15) is 12.8 Å². The summed E-state index contributed by atoms with van der Waals surface area (Å²) in [5.74, 6) is 0. The van der Waals surface area contributed by atoms with Gasteiger partial charge in [-0.1, -0.05) is 0 Å². The Labute approximate surface area is 48.2 Å². The first-order valence-corrected chi connectivity index (χ1v) is 2.74. The summed E-state index contributed by atoms with van der Waals surface area (Å²) in [6.07, 6.45) is 2.81. The molecule has 8 heavy (non-hydrogen) atoms. The van der Waals surface area contributed by atoms with Gasteiger partial charge in [0.15, 0.2) is 0 Å². The summed E-state index contributed by atoms with van der Waals surface area (Å²) in [7, 11) is 0. The van der Waals surface area contributed by atoms with Crippen molar-refractivity contribution < 1.29 is 4.79 Å². The van der Waals surface area contributed by atoms with E-state index in [2.05, 4.69) is 5.32 Å². The zero-order chi connectivity index (χ0) is 6.04. The maximum absolute atomic E-state index is 9.85. The van der Waals surface area contributed by atoms with E-state index in [1.807, 2.05) is 0 Å². The Morgan fingerprint density at radius 1 is 1.75 bits per heavy atom. The van der Waals surface area contributed by atoms with Crippen LogP contribution in [-0.4, -0.2) is 18.5 Å². The Bertz CT molecular complexity index is 98.6. The molecule has 0 atom stereocenters. The summed E-state index contributed by atoms with van der Waals surface area (Å²) in [4.78, 5) is 9.85. The molecule has 0 unspecified atom stereocenters. The van der Waals surface area contributed by atoms with Crippen LogP contribution < -0.4 is 11.1 Å². The van der Waals surface area contributed by atoms with E-state index in [4.69, 9.17) is 5.73 Å². The fourth-order valence-corrected chi connectivity index (χ4v) is 0.683. The number of amides is 1. The number of hydrogen-bond donors (Lipinski definition) is 2. The van der Waals surface area contributed by atoms with E-state index in [0.717, 1.165) is 19.3 Å². The van der Waals surface area contributed by atoms with Crippen LogP contribution in [0.2, 0.25) is 0 Å². The zero-order valence-corrected chi connectivity index (χ0v) is 4.68. The second kappa shape index (κ2) is 1.74. The molecule has 3 N–H and O–H groups in total. The fraction of sp³-hybridized carbons (Fsp3) is 0.800. The molecule has 0 bridgehead atoms. The number of carbonyl (C=O) groups excluding carboxylic acids is 1. The maximum atomic E-state index is 9.85. The molecule has 1 aliphatic rings. The third-order valence-corrected chi connectivity index (χ3v) is 1.61. The molecule has 1 fully saturated rings. The third kappa shape index (κ3) is 0.816. The Hall–Kier alpha value is -0.570. The molecule has 0 spiro atoms. The minimum absolute atomic E-state index is 0.00174. The van der Waals surface area contributed by atoms with Crippen molar-refractivity contribution in [3.63, 3.8) is 0 Å². The highest BCUT2D eigenvalue weighted by molar-refractivity contribution is 5.49. The van der Waals surface area contributed by atoms with E-state index < -0.39 is 0 Å². The lowest BCUT2D eigenvalue weighted by molar-refractivity contribution is -0.110. The van der Waals surface area contributed by atoms with Crippen molar-refractivity contribution in [2.45, 2.75) is 18.4 Å². The van der Waals surface area contributed by atoms with Crippen LogP contribution >= 0.6 is 0 Å². The first-order chi connectivity index (χ1) is 3.83. The third-order valence-electron chi connectivity index (χ3n) is 1.61. The van der Waals surface area contributed by atoms with Crippen LogP contribution in [0.25, 0.3) is 0 Å². The summed E-state index contributed by atoms with van der Waals surface area (Å²) < 4.78 is 0. The van der Waals surface area contributed by atoms with E-state index in [9.17, 15) is 4.79 Å². The van der Waals surface area contributed by atoms with Gasteiger partial charge < -0.3 is 11.1 Å². The van der Waals surface area contributed by atoms with Crippen LogP contribution in [0, 0.1) is 0 Å². The monoisotopic (exact) mass is 114 g/mol. The molecule has 3 heteroatoms. The van der Waals surface area contributed by atoms with Gasteiger partial charge in [0, 0.05) is 6.54 Å². The van der Waals surface area contributed by atoms with Gasteiger partial charge in [-0.05, 0) is 12.8 Å².